The second kappa shape index (κ2) is 8.48. The number of nitrogens with zero attached hydrogens (tertiary/aromatic N) is 4. The Morgan fingerprint density at radius 1 is 1.19 bits per heavy atom. The fourth-order valence-corrected chi connectivity index (χ4v) is 4.81. The summed E-state index contributed by atoms with van der Waals surface area (Å²) in [7, 11) is 0. The highest BCUT2D eigenvalue weighted by molar-refractivity contribution is 6.29. The van der Waals surface area contributed by atoms with E-state index in [1.807, 2.05) is 18.2 Å². The second-order valence-corrected chi connectivity index (χ2v) is 8.75. The molecule has 2 fully saturated rings. The third kappa shape index (κ3) is 3.93. The van der Waals surface area contributed by atoms with E-state index in [-0.39, 0.29) is 24.3 Å². The van der Waals surface area contributed by atoms with Crippen LogP contribution in [-0.4, -0.2) is 57.8 Å². The van der Waals surface area contributed by atoms with Crippen LogP contribution in [0.3, 0.4) is 0 Å². The van der Waals surface area contributed by atoms with Crippen molar-refractivity contribution in [1.82, 2.24) is 25.5 Å². The van der Waals surface area contributed by atoms with Gasteiger partial charge in [0.05, 0.1) is 12.4 Å². The molecule has 2 atom stereocenters. The lowest BCUT2D eigenvalue weighted by atomic mass is 10.0. The lowest BCUT2D eigenvalue weighted by molar-refractivity contribution is -0.136. The molecule has 2 N–H and O–H groups in total. The van der Waals surface area contributed by atoms with Crippen LogP contribution in [0.5, 0.6) is 0 Å². The fourth-order valence-electron chi connectivity index (χ4n) is 4.67. The van der Waals surface area contributed by atoms with E-state index in [1.165, 1.54) is 6.20 Å². The summed E-state index contributed by atoms with van der Waals surface area (Å²) in [4.78, 5) is 49.2. The number of imide groups is 1. The zero-order chi connectivity index (χ0) is 22.2. The van der Waals surface area contributed by atoms with Crippen LogP contribution >= 0.6 is 11.6 Å². The van der Waals surface area contributed by atoms with Crippen molar-refractivity contribution in [3.05, 3.63) is 52.4 Å². The van der Waals surface area contributed by atoms with Crippen LogP contribution in [0.15, 0.2) is 30.6 Å². The standard InChI is InChI=1S/C22H23ClN6O3/c23-18-9-25-10-19(26-18)28(15-5-6-24-8-15)11-13-1-2-14-12-29(22(32)16(14)7-13)17-3-4-20(30)27-21(17)31/h1-2,7,9-10,15,17,24H,3-6,8,11-12H2,(H,27,30,31). The molecule has 5 rings (SSSR count). The maximum atomic E-state index is 13.1. The number of carbonyl (C=O) groups excluding carboxylic acids is 3. The number of carbonyl (C=O) groups is 3. The minimum absolute atomic E-state index is 0.173. The maximum Gasteiger partial charge on any atom is 0.255 e. The highest BCUT2D eigenvalue weighted by Gasteiger charge is 2.39. The highest BCUT2D eigenvalue weighted by Crippen LogP contribution is 2.29. The van der Waals surface area contributed by atoms with E-state index in [1.54, 1.807) is 11.1 Å². The van der Waals surface area contributed by atoms with Crippen LogP contribution < -0.4 is 15.5 Å². The van der Waals surface area contributed by atoms with Gasteiger partial charge in [0.15, 0.2) is 0 Å². The van der Waals surface area contributed by atoms with Crippen molar-refractivity contribution < 1.29 is 14.4 Å². The molecule has 0 saturated carbocycles. The predicted molar refractivity (Wildman–Crippen MR) is 117 cm³/mol. The van der Waals surface area contributed by atoms with Crippen LogP contribution in [0.25, 0.3) is 0 Å². The van der Waals surface area contributed by atoms with Gasteiger partial charge in [0.1, 0.15) is 17.0 Å². The summed E-state index contributed by atoms with van der Waals surface area (Å²) in [6, 6.07) is 5.48. The van der Waals surface area contributed by atoms with Crippen molar-refractivity contribution in [3.8, 4) is 0 Å². The molecule has 4 heterocycles. The third-order valence-corrected chi connectivity index (χ3v) is 6.49. The first-order chi connectivity index (χ1) is 15.5. The van der Waals surface area contributed by atoms with Gasteiger partial charge in [-0.15, -0.1) is 0 Å². The van der Waals surface area contributed by atoms with Crippen LogP contribution in [-0.2, 0) is 22.7 Å². The average Bonchev–Trinajstić information content (AvgIpc) is 3.41. The molecule has 3 amide bonds. The summed E-state index contributed by atoms with van der Waals surface area (Å²) in [6.45, 7) is 2.69. The maximum absolute atomic E-state index is 13.1. The molecule has 0 aliphatic carbocycles. The second-order valence-electron chi connectivity index (χ2n) is 8.37. The van der Waals surface area contributed by atoms with E-state index in [0.29, 0.717) is 36.0 Å². The number of halogens is 1. The molecule has 2 unspecified atom stereocenters. The summed E-state index contributed by atoms with van der Waals surface area (Å²) >= 11 is 6.09. The molecule has 1 aromatic carbocycles. The first kappa shape index (κ1) is 20.8. The van der Waals surface area contributed by atoms with Gasteiger partial charge >= 0.3 is 0 Å². The van der Waals surface area contributed by atoms with Gasteiger partial charge in [-0.3, -0.25) is 24.7 Å². The third-order valence-electron chi connectivity index (χ3n) is 6.31. The number of piperidine rings is 1. The van der Waals surface area contributed by atoms with Crippen LogP contribution in [0.4, 0.5) is 5.82 Å². The van der Waals surface area contributed by atoms with Gasteiger partial charge in [-0.2, -0.15) is 0 Å². The van der Waals surface area contributed by atoms with Crippen molar-refractivity contribution in [3.63, 3.8) is 0 Å². The molecule has 0 spiro atoms. The SMILES string of the molecule is O=C1CCC(N2Cc3ccc(CN(c4cncc(Cl)n4)C4CCNC4)cc3C2=O)C(=O)N1. The van der Waals surface area contributed by atoms with Crippen molar-refractivity contribution in [1.29, 1.82) is 0 Å². The molecule has 0 bridgehead atoms. The van der Waals surface area contributed by atoms with E-state index < -0.39 is 11.9 Å². The smallest absolute Gasteiger partial charge is 0.255 e. The summed E-state index contributed by atoms with van der Waals surface area (Å²) < 4.78 is 0. The molecule has 9 nitrogen and oxygen atoms in total. The molecule has 2 aromatic rings. The Morgan fingerprint density at radius 3 is 2.81 bits per heavy atom. The number of benzene rings is 1. The number of rotatable bonds is 5. The molecule has 0 radical (unpaired) electrons. The zero-order valence-electron chi connectivity index (χ0n) is 17.4. The van der Waals surface area contributed by atoms with Crippen molar-refractivity contribution >= 4 is 35.1 Å². The first-order valence-electron chi connectivity index (χ1n) is 10.7. The first-order valence-corrected chi connectivity index (χ1v) is 11.1. The molecule has 2 saturated heterocycles. The van der Waals surface area contributed by atoms with Crippen LogP contribution in [0, 0.1) is 0 Å². The summed E-state index contributed by atoms with van der Waals surface area (Å²) in [6.07, 6.45) is 4.78. The quantitative estimate of drug-likeness (QED) is 0.655. The molecule has 3 aliphatic heterocycles. The molecular formula is C22H23ClN6O3. The van der Waals surface area contributed by atoms with Crippen LogP contribution in [0.1, 0.15) is 40.7 Å². The highest BCUT2D eigenvalue weighted by atomic mass is 35.5. The normalized spacial score (nSPS) is 22.8. The van der Waals surface area contributed by atoms with Crippen LogP contribution in [0.2, 0.25) is 5.15 Å². The van der Waals surface area contributed by atoms with E-state index in [2.05, 4.69) is 25.5 Å². The summed E-state index contributed by atoms with van der Waals surface area (Å²) in [5.41, 5.74) is 2.46. The van der Waals surface area contributed by atoms with E-state index in [9.17, 15) is 14.4 Å². The number of amides is 3. The zero-order valence-corrected chi connectivity index (χ0v) is 18.1. The number of nitrogens with one attached hydrogen (secondary N) is 2. The predicted octanol–water partition coefficient (Wildman–Crippen LogP) is 1.26. The lowest BCUT2D eigenvalue weighted by Crippen LogP contribution is -2.52. The number of hydrogen-bond donors (Lipinski definition) is 2. The fraction of sp³-hybridized carbons (Fsp3) is 0.409. The van der Waals surface area contributed by atoms with Gasteiger partial charge in [-0.05, 0) is 36.6 Å². The van der Waals surface area contributed by atoms with Gasteiger partial charge in [0.25, 0.3) is 5.91 Å². The topological polar surface area (TPSA) is 108 Å². The van der Waals surface area contributed by atoms with E-state index in [0.717, 1.165) is 30.6 Å². The van der Waals surface area contributed by atoms with Gasteiger partial charge < -0.3 is 15.1 Å². The van der Waals surface area contributed by atoms with Crippen molar-refractivity contribution in [2.75, 3.05) is 18.0 Å². The molecule has 166 valence electrons. The Kier molecular flexibility index (Phi) is 5.52. The largest absolute Gasteiger partial charge is 0.347 e. The van der Waals surface area contributed by atoms with Gasteiger partial charge in [-0.1, -0.05) is 23.7 Å². The molecule has 3 aliphatic rings. The minimum Gasteiger partial charge on any atom is -0.347 e. The molecular weight excluding hydrogens is 432 g/mol. The van der Waals surface area contributed by atoms with Gasteiger partial charge in [-0.25, -0.2) is 4.98 Å². The Hall–Kier alpha value is -3.04. The Balaban J connectivity index is 1.38. The van der Waals surface area contributed by atoms with Crippen molar-refractivity contribution in [2.24, 2.45) is 0 Å². The lowest BCUT2D eigenvalue weighted by Gasteiger charge is -2.29. The minimum atomic E-state index is -0.612. The monoisotopic (exact) mass is 454 g/mol. The average molecular weight is 455 g/mol. The van der Waals surface area contributed by atoms with E-state index in [4.69, 9.17) is 11.6 Å². The summed E-state index contributed by atoms with van der Waals surface area (Å²) in [5.74, 6) is -0.165. The number of fused-ring (bicyclic) bond motifs is 1. The Labute approximate surface area is 190 Å². The number of anilines is 1. The van der Waals surface area contributed by atoms with Gasteiger partial charge in [0, 0.05) is 37.7 Å². The van der Waals surface area contributed by atoms with Crippen molar-refractivity contribution in [2.45, 2.75) is 44.4 Å². The Morgan fingerprint density at radius 2 is 2.06 bits per heavy atom. The molecule has 1 aromatic heterocycles. The summed E-state index contributed by atoms with van der Waals surface area (Å²) in [5, 5.41) is 6.05. The Bertz CT molecular complexity index is 1090. The van der Waals surface area contributed by atoms with E-state index >= 15 is 0 Å². The molecule has 10 heteroatoms. The molecule has 32 heavy (non-hydrogen) atoms. The van der Waals surface area contributed by atoms with Gasteiger partial charge in [0.2, 0.25) is 11.8 Å². The number of hydrogen-bond acceptors (Lipinski definition) is 7. The number of aromatic nitrogens is 2.